The third kappa shape index (κ3) is 5.51. The monoisotopic (exact) mass is 414 g/mol. The van der Waals surface area contributed by atoms with Crippen molar-refractivity contribution >= 4 is 27.3 Å². The van der Waals surface area contributed by atoms with Gasteiger partial charge in [0.1, 0.15) is 4.21 Å². The van der Waals surface area contributed by atoms with Gasteiger partial charge in [-0.2, -0.15) is 4.31 Å². The first-order chi connectivity index (χ1) is 13.0. The first kappa shape index (κ1) is 20.7. The molecule has 0 spiro atoms. The molecular weight excluding hydrogens is 384 g/mol. The highest BCUT2D eigenvalue weighted by Gasteiger charge is 2.33. The summed E-state index contributed by atoms with van der Waals surface area (Å²) < 4.78 is 27.2. The number of nitrogens with one attached hydrogen (secondary N) is 1. The number of thiophene rings is 1. The summed E-state index contributed by atoms with van der Waals surface area (Å²) in [4.78, 5) is 17.3. The minimum Gasteiger partial charge on any atom is -0.356 e. The molecule has 0 saturated carbocycles. The number of piperazine rings is 1. The second-order valence-electron chi connectivity index (χ2n) is 7.42. The zero-order chi connectivity index (χ0) is 19.3. The zero-order valence-electron chi connectivity index (χ0n) is 16.0. The van der Waals surface area contributed by atoms with Crippen LogP contribution in [0.1, 0.15) is 19.3 Å². The van der Waals surface area contributed by atoms with Crippen LogP contribution >= 0.6 is 11.3 Å². The number of sulfonamides is 1. The van der Waals surface area contributed by atoms with Crippen molar-refractivity contribution < 1.29 is 13.2 Å². The van der Waals surface area contributed by atoms with Gasteiger partial charge in [-0.25, -0.2) is 8.42 Å². The topological polar surface area (TPSA) is 73.0 Å². The Morgan fingerprint density at radius 1 is 1.26 bits per heavy atom. The molecule has 0 aromatic carbocycles. The van der Waals surface area contributed by atoms with Crippen molar-refractivity contribution in [3.8, 4) is 0 Å². The van der Waals surface area contributed by atoms with E-state index in [4.69, 9.17) is 0 Å². The fourth-order valence-electron chi connectivity index (χ4n) is 3.64. The number of likely N-dealkylation sites (N-methyl/N-ethyl adjacent to an activating group) is 1. The van der Waals surface area contributed by atoms with Gasteiger partial charge in [0.15, 0.2) is 0 Å². The fraction of sp³-hybridized carbons (Fsp3) is 0.722. The Morgan fingerprint density at radius 2 is 2.04 bits per heavy atom. The van der Waals surface area contributed by atoms with Crippen molar-refractivity contribution in [1.82, 2.24) is 19.4 Å². The molecule has 27 heavy (non-hydrogen) atoms. The van der Waals surface area contributed by atoms with Crippen LogP contribution in [0.5, 0.6) is 0 Å². The van der Waals surface area contributed by atoms with E-state index in [1.54, 1.807) is 17.5 Å². The largest absolute Gasteiger partial charge is 0.356 e. The Labute approximate surface area is 166 Å². The van der Waals surface area contributed by atoms with Gasteiger partial charge >= 0.3 is 0 Å². The number of piperidine rings is 1. The Hall–Kier alpha value is -1.00. The molecule has 3 rings (SSSR count). The van der Waals surface area contributed by atoms with Gasteiger partial charge in [0.2, 0.25) is 5.91 Å². The van der Waals surface area contributed by atoms with Crippen molar-refractivity contribution in [2.75, 3.05) is 59.4 Å². The second kappa shape index (κ2) is 9.47. The molecule has 0 unspecified atom stereocenters. The first-order valence-electron chi connectivity index (χ1n) is 9.69. The Bertz CT molecular complexity index is 700. The van der Waals surface area contributed by atoms with Crippen molar-refractivity contribution in [2.24, 2.45) is 5.92 Å². The summed E-state index contributed by atoms with van der Waals surface area (Å²) in [6.45, 7) is 6.80. The average Bonchev–Trinajstić information content (AvgIpc) is 3.22. The van der Waals surface area contributed by atoms with Crippen LogP contribution in [0.3, 0.4) is 0 Å². The smallest absolute Gasteiger partial charge is 0.252 e. The number of rotatable bonds is 7. The average molecular weight is 415 g/mol. The number of carbonyl (C=O) groups is 1. The lowest BCUT2D eigenvalue weighted by atomic mass is 9.99. The van der Waals surface area contributed by atoms with Gasteiger partial charge in [-0.1, -0.05) is 6.07 Å². The van der Waals surface area contributed by atoms with Crippen molar-refractivity contribution in [2.45, 2.75) is 23.5 Å². The van der Waals surface area contributed by atoms with Gasteiger partial charge < -0.3 is 15.1 Å². The van der Waals surface area contributed by atoms with Crippen molar-refractivity contribution in [1.29, 1.82) is 0 Å². The third-order valence-electron chi connectivity index (χ3n) is 5.39. The SMILES string of the molecule is CN1CCN(CCCNC(=O)[C@H]2CCCN(S(=O)(=O)c3cccs3)C2)CC1. The highest BCUT2D eigenvalue weighted by atomic mass is 32.2. The minimum absolute atomic E-state index is 0.0144. The number of hydrogen-bond donors (Lipinski definition) is 1. The zero-order valence-corrected chi connectivity index (χ0v) is 17.6. The third-order valence-corrected chi connectivity index (χ3v) is 8.63. The molecule has 152 valence electrons. The maximum atomic E-state index is 12.7. The summed E-state index contributed by atoms with van der Waals surface area (Å²) in [5.74, 6) is -0.267. The molecule has 0 aliphatic carbocycles. The molecule has 1 amide bonds. The molecule has 3 heterocycles. The lowest BCUT2D eigenvalue weighted by Gasteiger charge is -2.32. The Morgan fingerprint density at radius 3 is 2.74 bits per heavy atom. The van der Waals surface area contributed by atoms with Crippen LogP contribution in [0.2, 0.25) is 0 Å². The van der Waals surface area contributed by atoms with Crippen LogP contribution < -0.4 is 5.32 Å². The van der Waals surface area contributed by atoms with E-state index in [0.29, 0.717) is 17.3 Å². The summed E-state index contributed by atoms with van der Waals surface area (Å²) in [7, 11) is -1.33. The van der Waals surface area contributed by atoms with Crippen LogP contribution in [0.4, 0.5) is 0 Å². The molecular formula is C18H30N4O3S2. The van der Waals surface area contributed by atoms with Crippen LogP contribution in [0, 0.1) is 5.92 Å². The lowest BCUT2D eigenvalue weighted by Crippen LogP contribution is -2.46. The molecule has 2 aliphatic rings. The summed E-state index contributed by atoms with van der Waals surface area (Å²) >= 11 is 1.23. The van der Waals surface area contributed by atoms with Gasteiger partial charge in [0.05, 0.1) is 5.92 Å². The van der Waals surface area contributed by atoms with Crippen LogP contribution in [-0.4, -0.2) is 87.8 Å². The number of amides is 1. The Balaban J connectivity index is 1.42. The van der Waals surface area contributed by atoms with Gasteiger partial charge in [0, 0.05) is 45.8 Å². The summed E-state index contributed by atoms with van der Waals surface area (Å²) in [6.07, 6.45) is 2.41. The summed E-state index contributed by atoms with van der Waals surface area (Å²) in [6, 6.07) is 3.37. The molecule has 2 fully saturated rings. The molecule has 1 N–H and O–H groups in total. The minimum atomic E-state index is -3.47. The molecule has 7 nitrogen and oxygen atoms in total. The molecule has 2 aliphatic heterocycles. The fourth-order valence-corrected chi connectivity index (χ4v) is 6.31. The number of carbonyl (C=O) groups excluding carboxylic acids is 1. The highest BCUT2D eigenvalue weighted by Crippen LogP contribution is 2.26. The van der Waals surface area contributed by atoms with Gasteiger partial charge in [0.25, 0.3) is 10.0 Å². The quantitative estimate of drug-likeness (QED) is 0.671. The van der Waals surface area contributed by atoms with Crippen LogP contribution in [0.15, 0.2) is 21.7 Å². The van der Waals surface area contributed by atoms with E-state index in [0.717, 1.165) is 52.0 Å². The maximum absolute atomic E-state index is 12.7. The van der Waals surface area contributed by atoms with E-state index in [2.05, 4.69) is 22.2 Å². The summed E-state index contributed by atoms with van der Waals surface area (Å²) in [5, 5.41) is 4.78. The van der Waals surface area contributed by atoms with E-state index in [9.17, 15) is 13.2 Å². The molecule has 9 heteroatoms. The van der Waals surface area contributed by atoms with Crippen molar-refractivity contribution in [3.05, 3.63) is 17.5 Å². The molecule has 1 aromatic rings. The predicted octanol–water partition coefficient (Wildman–Crippen LogP) is 0.903. The Kier molecular flexibility index (Phi) is 7.27. The van der Waals surface area contributed by atoms with Gasteiger partial charge in [-0.05, 0) is 44.3 Å². The molecule has 0 radical (unpaired) electrons. The van der Waals surface area contributed by atoms with Crippen LogP contribution in [0.25, 0.3) is 0 Å². The van der Waals surface area contributed by atoms with Gasteiger partial charge in [-0.15, -0.1) is 11.3 Å². The maximum Gasteiger partial charge on any atom is 0.252 e. The normalized spacial score (nSPS) is 23.4. The molecule has 0 bridgehead atoms. The lowest BCUT2D eigenvalue weighted by molar-refractivity contribution is -0.126. The number of nitrogens with zero attached hydrogens (tertiary/aromatic N) is 3. The highest BCUT2D eigenvalue weighted by molar-refractivity contribution is 7.91. The van der Waals surface area contributed by atoms with Gasteiger partial charge in [-0.3, -0.25) is 4.79 Å². The standard InChI is InChI=1S/C18H30N4O3S2/c1-20-10-12-21(13-11-20)8-4-7-19-18(23)16-5-2-9-22(15-16)27(24,25)17-6-3-14-26-17/h3,6,14,16H,2,4-5,7-13,15H2,1H3,(H,19,23)/t16-/m0/s1. The molecule has 1 aromatic heterocycles. The number of hydrogen-bond acceptors (Lipinski definition) is 6. The van der Waals surface area contributed by atoms with Crippen LogP contribution in [-0.2, 0) is 14.8 Å². The van der Waals surface area contributed by atoms with E-state index >= 15 is 0 Å². The summed E-state index contributed by atoms with van der Waals surface area (Å²) in [5.41, 5.74) is 0. The van der Waals surface area contributed by atoms with E-state index < -0.39 is 10.0 Å². The van der Waals surface area contributed by atoms with E-state index in [1.165, 1.54) is 15.6 Å². The van der Waals surface area contributed by atoms with E-state index in [-0.39, 0.29) is 18.4 Å². The second-order valence-corrected chi connectivity index (χ2v) is 10.5. The van der Waals surface area contributed by atoms with E-state index in [1.807, 2.05) is 0 Å². The predicted molar refractivity (Wildman–Crippen MR) is 107 cm³/mol. The van der Waals surface area contributed by atoms with Crippen molar-refractivity contribution in [3.63, 3.8) is 0 Å². The molecule has 1 atom stereocenters. The first-order valence-corrected chi connectivity index (χ1v) is 12.0. The molecule has 2 saturated heterocycles.